The van der Waals surface area contributed by atoms with Crippen LogP contribution in [0.15, 0.2) is 41.5 Å². The average molecular weight is 569 g/mol. The highest BCUT2D eigenvalue weighted by Gasteiger charge is 2.14. The molecular formula is C24H37IN6O2. The van der Waals surface area contributed by atoms with Crippen LogP contribution in [0, 0.1) is 0 Å². The van der Waals surface area contributed by atoms with E-state index in [1.165, 1.54) is 5.56 Å². The van der Waals surface area contributed by atoms with Crippen LogP contribution in [0.2, 0.25) is 0 Å². The van der Waals surface area contributed by atoms with E-state index >= 15 is 0 Å². The van der Waals surface area contributed by atoms with Crippen molar-refractivity contribution in [2.75, 3.05) is 65.4 Å². The maximum absolute atomic E-state index is 5.39. The Hall–Kier alpha value is -2.27. The number of hydrogen-bond donors (Lipinski definition) is 2. The van der Waals surface area contributed by atoms with Gasteiger partial charge in [-0.1, -0.05) is 12.1 Å². The summed E-state index contributed by atoms with van der Waals surface area (Å²) in [6.07, 6.45) is 2.79. The SMILES string of the molecule is CCNC(=NCc1ccc(N2CCN(C)CC2)nc1)NCCc1ccc(OC)c(OC)c1.I. The Labute approximate surface area is 214 Å². The first-order valence-corrected chi connectivity index (χ1v) is 11.2. The molecule has 2 aromatic rings. The molecule has 33 heavy (non-hydrogen) atoms. The number of hydrogen-bond acceptors (Lipinski definition) is 6. The number of anilines is 1. The molecule has 1 aromatic heterocycles. The summed E-state index contributed by atoms with van der Waals surface area (Å²) < 4.78 is 10.7. The second-order valence-corrected chi connectivity index (χ2v) is 7.88. The second-order valence-electron chi connectivity index (χ2n) is 7.88. The fraction of sp³-hybridized carbons (Fsp3) is 0.500. The molecule has 182 valence electrons. The summed E-state index contributed by atoms with van der Waals surface area (Å²) in [7, 11) is 5.46. The molecule has 1 saturated heterocycles. The number of halogens is 1. The molecule has 1 aromatic carbocycles. The second kappa shape index (κ2) is 14.1. The van der Waals surface area contributed by atoms with Crippen molar-refractivity contribution in [1.82, 2.24) is 20.5 Å². The van der Waals surface area contributed by atoms with Gasteiger partial charge in [-0.25, -0.2) is 9.98 Å². The number of ether oxygens (including phenoxy) is 2. The molecule has 1 aliphatic heterocycles. The minimum absolute atomic E-state index is 0. The standard InChI is InChI=1S/C24H36N6O2.HI/c1-5-25-24(26-11-10-19-6-8-21(31-3)22(16-19)32-4)28-18-20-7-9-23(27-17-20)30-14-12-29(2)13-15-30;/h6-9,16-17H,5,10-15,18H2,1-4H3,(H2,25,26,28);1H. The average Bonchev–Trinajstić information content (AvgIpc) is 2.83. The van der Waals surface area contributed by atoms with Gasteiger partial charge in [-0.15, -0.1) is 24.0 Å². The normalized spacial score (nSPS) is 14.4. The Morgan fingerprint density at radius 3 is 2.36 bits per heavy atom. The molecule has 0 radical (unpaired) electrons. The summed E-state index contributed by atoms with van der Waals surface area (Å²) in [6.45, 7) is 8.43. The molecule has 0 spiro atoms. The maximum atomic E-state index is 5.39. The van der Waals surface area contributed by atoms with Crippen molar-refractivity contribution in [3.8, 4) is 11.5 Å². The third-order valence-electron chi connectivity index (χ3n) is 5.55. The maximum Gasteiger partial charge on any atom is 0.191 e. The number of nitrogens with one attached hydrogen (secondary N) is 2. The molecule has 0 atom stereocenters. The highest BCUT2D eigenvalue weighted by Crippen LogP contribution is 2.27. The first-order valence-electron chi connectivity index (χ1n) is 11.2. The number of pyridine rings is 1. The zero-order valence-corrected chi connectivity index (χ0v) is 22.5. The largest absolute Gasteiger partial charge is 0.493 e. The minimum atomic E-state index is 0. The van der Waals surface area contributed by atoms with Gasteiger partial charge >= 0.3 is 0 Å². The number of nitrogens with zero attached hydrogens (tertiary/aromatic N) is 4. The number of aliphatic imine (C=N–C) groups is 1. The highest BCUT2D eigenvalue weighted by atomic mass is 127. The van der Waals surface area contributed by atoms with Crippen LogP contribution in [0.1, 0.15) is 18.1 Å². The van der Waals surface area contributed by atoms with Crippen LogP contribution in [0.3, 0.4) is 0 Å². The topological polar surface area (TPSA) is 74.3 Å². The molecular weight excluding hydrogens is 531 g/mol. The third-order valence-corrected chi connectivity index (χ3v) is 5.55. The molecule has 2 heterocycles. The van der Waals surface area contributed by atoms with Crippen LogP contribution in [-0.4, -0.2) is 76.4 Å². The monoisotopic (exact) mass is 568 g/mol. The molecule has 0 amide bonds. The molecule has 0 bridgehead atoms. The van der Waals surface area contributed by atoms with Gasteiger partial charge in [0.1, 0.15) is 5.82 Å². The number of likely N-dealkylation sites (N-methyl/N-ethyl adjacent to an activating group) is 1. The predicted molar refractivity (Wildman–Crippen MR) is 145 cm³/mol. The van der Waals surface area contributed by atoms with E-state index in [-0.39, 0.29) is 24.0 Å². The summed E-state index contributed by atoms with van der Waals surface area (Å²) >= 11 is 0. The van der Waals surface area contributed by atoms with E-state index in [9.17, 15) is 0 Å². The van der Waals surface area contributed by atoms with Crippen LogP contribution in [0.5, 0.6) is 11.5 Å². The Kier molecular flexibility index (Phi) is 11.5. The molecule has 8 nitrogen and oxygen atoms in total. The van der Waals surface area contributed by atoms with Crippen molar-refractivity contribution >= 4 is 35.8 Å². The van der Waals surface area contributed by atoms with Crippen molar-refractivity contribution in [2.24, 2.45) is 4.99 Å². The highest BCUT2D eigenvalue weighted by molar-refractivity contribution is 14.0. The Bertz CT molecular complexity index is 870. The minimum Gasteiger partial charge on any atom is -0.493 e. The Morgan fingerprint density at radius 2 is 1.73 bits per heavy atom. The quantitative estimate of drug-likeness (QED) is 0.274. The number of rotatable bonds is 9. The Balaban J connectivity index is 0.00000385. The van der Waals surface area contributed by atoms with Gasteiger partial charge in [-0.3, -0.25) is 0 Å². The van der Waals surface area contributed by atoms with Crippen molar-refractivity contribution in [3.05, 3.63) is 47.7 Å². The van der Waals surface area contributed by atoms with Gasteiger partial charge in [-0.05, 0) is 49.7 Å². The van der Waals surface area contributed by atoms with E-state index in [1.54, 1.807) is 14.2 Å². The van der Waals surface area contributed by atoms with Crippen LogP contribution < -0.4 is 25.0 Å². The molecule has 0 aliphatic carbocycles. The molecule has 1 aliphatic rings. The number of aromatic nitrogens is 1. The third kappa shape index (κ3) is 8.22. The fourth-order valence-electron chi connectivity index (χ4n) is 3.61. The first-order chi connectivity index (χ1) is 15.6. The van der Waals surface area contributed by atoms with Gasteiger partial charge in [0.2, 0.25) is 0 Å². The summed E-state index contributed by atoms with van der Waals surface area (Å²) in [5.74, 6) is 3.34. The molecule has 2 N–H and O–H groups in total. The van der Waals surface area contributed by atoms with Crippen LogP contribution in [-0.2, 0) is 13.0 Å². The van der Waals surface area contributed by atoms with Gasteiger partial charge in [0.15, 0.2) is 17.5 Å². The molecule has 3 rings (SSSR count). The van der Waals surface area contributed by atoms with Crippen molar-refractivity contribution in [1.29, 1.82) is 0 Å². The van der Waals surface area contributed by atoms with E-state index in [1.807, 2.05) is 18.3 Å². The first kappa shape index (κ1) is 27.0. The van der Waals surface area contributed by atoms with Gasteiger partial charge in [-0.2, -0.15) is 0 Å². The van der Waals surface area contributed by atoms with E-state index < -0.39 is 0 Å². The lowest BCUT2D eigenvalue weighted by atomic mass is 10.1. The van der Waals surface area contributed by atoms with E-state index in [2.05, 4.69) is 57.6 Å². The summed E-state index contributed by atoms with van der Waals surface area (Å²) in [4.78, 5) is 14.1. The van der Waals surface area contributed by atoms with Gasteiger partial charge in [0, 0.05) is 45.5 Å². The predicted octanol–water partition coefficient (Wildman–Crippen LogP) is 2.77. The van der Waals surface area contributed by atoms with Gasteiger partial charge < -0.3 is 29.9 Å². The van der Waals surface area contributed by atoms with Crippen molar-refractivity contribution in [2.45, 2.75) is 19.9 Å². The molecule has 0 unspecified atom stereocenters. The zero-order chi connectivity index (χ0) is 22.8. The number of methoxy groups -OCH3 is 2. The lowest BCUT2D eigenvalue weighted by molar-refractivity contribution is 0.312. The lowest BCUT2D eigenvalue weighted by Crippen LogP contribution is -2.44. The summed E-state index contributed by atoms with van der Waals surface area (Å²) in [5, 5.41) is 6.71. The molecule has 9 heteroatoms. The fourth-order valence-corrected chi connectivity index (χ4v) is 3.61. The van der Waals surface area contributed by atoms with Crippen molar-refractivity contribution in [3.63, 3.8) is 0 Å². The van der Waals surface area contributed by atoms with E-state index in [4.69, 9.17) is 14.5 Å². The van der Waals surface area contributed by atoms with E-state index in [0.717, 1.165) is 74.5 Å². The Morgan fingerprint density at radius 1 is 1.00 bits per heavy atom. The zero-order valence-electron chi connectivity index (χ0n) is 20.1. The summed E-state index contributed by atoms with van der Waals surface area (Å²) in [6, 6.07) is 10.2. The van der Waals surface area contributed by atoms with Crippen LogP contribution >= 0.6 is 24.0 Å². The number of piperazine rings is 1. The smallest absolute Gasteiger partial charge is 0.191 e. The number of guanidine groups is 1. The number of benzene rings is 1. The van der Waals surface area contributed by atoms with E-state index in [0.29, 0.717) is 6.54 Å². The van der Waals surface area contributed by atoms with Crippen LogP contribution in [0.25, 0.3) is 0 Å². The van der Waals surface area contributed by atoms with Gasteiger partial charge in [0.05, 0.1) is 20.8 Å². The molecule has 1 fully saturated rings. The molecule has 0 saturated carbocycles. The van der Waals surface area contributed by atoms with Crippen molar-refractivity contribution < 1.29 is 9.47 Å². The summed E-state index contributed by atoms with van der Waals surface area (Å²) in [5.41, 5.74) is 2.27. The van der Waals surface area contributed by atoms with Gasteiger partial charge in [0.25, 0.3) is 0 Å². The van der Waals surface area contributed by atoms with Crippen LogP contribution in [0.4, 0.5) is 5.82 Å². The lowest BCUT2D eigenvalue weighted by Gasteiger charge is -2.33.